The molecule has 0 aliphatic rings. The fourth-order valence-electron chi connectivity index (χ4n) is 1.56. The maximum atomic E-state index is 13.6. The molecule has 1 aromatic carbocycles. The molecule has 0 saturated carbocycles. The molecule has 0 aliphatic heterocycles. The van der Waals surface area contributed by atoms with Crippen molar-refractivity contribution in [3.63, 3.8) is 0 Å². The van der Waals surface area contributed by atoms with Crippen molar-refractivity contribution in [3.05, 3.63) is 58.2 Å². The molecule has 0 aliphatic carbocycles. The standard InChI is InChI=1S/C13H11FN2O4/c1-8(17)11-6-5-9(7-15-11)20-13-10(14)3-2-4-12(13)16(18)19/h2-8,17H,1H3/t8-/m0/s1. The molecule has 1 heterocycles. The lowest BCUT2D eigenvalue weighted by molar-refractivity contribution is -0.385. The van der Waals surface area contributed by atoms with Gasteiger partial charge in [-0.15, -0.1) is 0 Å². The number of nitro groups is 1. The summed E-state index contributed by atoms with van der Waals surface area (Å²) in [4.78, 5) is 14.0. The predicted molar refractivity (Wildman–Crippen MR) is 68.0 cm³/mol. The quantitative estimate of drug-likeness (QED) is 0.686. The van der Waals surface area contributed by atoms with E-state index in [1.807, 2.05) is 0 Å². The summed E-state index contributed by atoms with van der Waals surface area (Å²) in [6.07, 6.45) is 0.518. The molecule has 6 nitrogen and oxygen atoms in total. The Balaban J connectivity index is 2.32. The zero-order valence-electron chi connectivity index (χ0n) is 10.5. The van der Waals surface area contributed by atoms with E-state index in [-0.39, 0.29) is 5.75 Å². The molecule has 2 aromatic rings. The summed E-state index contributed by atoms with van der Waals surface area (Å²) in [5.74, 6) is -1.16. The Bertz CT molecular complexity index is 629. The van der Waals surface area contributed by atoms with Crippen LogP contribution in [0.25, 0.3) is 0 Å². The molecular formula is C13H11FN2O4. The third-order valence-electron chi connectivity index (χ3n) is 2.55. The fraction of sp³-hybridized carbons (Fsp3) is 0.154. The first-order valence-corrected chi connectivity index (χ1v) is 5.74. The van der Waals surface area contributed by atoms with Crippen LogP contribution in [0.4, 0.5) is 10.1 Å². The molecule has 2 rings (SSSR count). The van der Waals surface area contributed by atoms with Crippen molar-refractivity contribution < 1.29 is 19.2 Å². The third-order valence-corrected chi connectivity index (χ3v) is 2.55. The van der Waals surface area contributed by atoms with E-state index in [2.05, 4.69) is 4.98 Å². The summed E-state index contributed by atoms with van der Waals surface area (Å²) in [6, 6.07) is 6.39. The number of pyridine rings is 1. The summed E-state index contributed by atoms with van der Waals surface area (Å²) in [5, 5.41) is 20.1. The first-order valence-electron chi connectivity index (χ1n) is 5.74. The van der Waals surface area contributed by atoms with Gasteiger partial charge in [0.15, 0.2) is 5.82 Å². The highest BCUT2D eigenvalue weighted by Gasteiger charge is 2.20. The highest BCUT2D eigenvalue weighted by Crippen LogP contribution is 2.33. The van der Waals surface area contributed by atoms with Crippen molar-refractivity contribution in [1.82, 2.24) is 4.98 Å². The van der Waals surface area contributed by atoms with Gasteiger partial charge < -0.3 is 9.84 Å². The van der Waals surface area contributed by atoms with E-state index in [4.69, 9.17) is 4.74 Å². The molecule has 20 heavy (non-hydrogen) atoms. The van der Waals surface area contributed by atoms with Gasteiger partial charge in [-0.25, -0.2) is 4.39 Å². The third kappa shape index (κ3) is 2.89. The summed E-state index contributed by atoms with van der Waals surface area (Å²) < 4.78 is 18.8. The molecule has 1 N–H and O–H groups in total. The first-order chi connectivity index (χ1) is 9.49. The Morgan fingerprint density at radius 1 is 1.40 bits per heavy atom. The lowest BCUT2D eigenvalue weighted by atomic mass is 10.2. The van der Waals surface area contributed by atoms with Crippen molar-refractivity contribution in [3.8, 4) is 11.5 Å². The number of rotatable bonds is 4. The highest BCUT2D eigenvalue weighted by molar-refractivity contribution is 5.49. The van der Waals surface area contributed by atoms with Gasteiger partial charge in [-0.1, -0.05) is 6.07 Å². The molecule has 7 heteroatoms. The Labute approximate surface area is 113 Å². The number of ether oxygens (including phenoxy) is 1. The van der Waals surface area contributed by atoms with Crippen LogP contribution in [0.3, 0.4) is 0 Å². The maximum absolute atomic E-state index is 13.6. The van der Waals surface area contributed by atoms with Gasteiger partial charge in [0.1, 0.15) is 5.75 Å². The van der Waals surface area contributed by atoms with Crippen LogP contribution in [0.2, 0.25) is 0 Å². The monoisotopic (exact) mass is 278 g/mol. The summed E-state index contributed by atoms with van der Waals surface area (Å²) in [5.41, 5.74) is -0.0509. The van der Waals surface area contributed by atoms with Crippen LogP contribution >= 0.6 is 0 Å². The maximum Gasteiger partial charge on any atom is 0.314 e. The van der Waals surface area contributed by atoms with Crippen molar-refractivity contribution in [2.24, 2.45) is 0 Å². The molecule has 1 aromatic heterocycles. The van der Waals surface area contributed by atoms with Gasteiger partial charge in [-0.2, -0.15) is 0 Å². The van der Waals surface area contributed by atoms with E-state index in [1.165, 1.54) is 24.4 Å². The lowest BCUT2D eigenvalue weighted by Gasteiger charge is -2.08. The minimum atomic E-state index is -0.834. The number of para-hydroxylation sites is 1. The van der Waals surface area contributed by atoms with Gasteiger partial charge in [0.25, 0.3) is 0 Å². The molecule has 0 amide bonds. The average molecular weight is 278 g/mol. The van der Waals surface area contributed by atoms with Gasteiger partial charge in [0.2, 0.25) is 5.75 Å². The minimum absolute atomic E-state index is 0.141. The van der Waals surface area contributed by atoms with Gasteiger partial charge >= 0.3 is 5.69 Å². The van der Waals surface area contributed by atoms with Crippen LogP contribution < -0.4 is 4.74 Å². The number of nitrogens with zero attached hydrogens (tertiary/aromatic N) is 2. The Morgan fingerprint density at radius 3 is 2.70 bits per heavy atom. The number of benzene rings is 1. The number of aromatic nitrogens is 1. The van der Waals surface area contributed by atoms with Crippen molar-refractivity contribution >= 4 is 5.69 Å². The normalized spacial score (nSPS) is 11.9. The van der Waals surface area contributed by atoms with E-state index >= 15 is 0 Å². The largest absolute Gasteiger partial charge is 0.445 e. The first kappa shape index (κ1) is 13.9. The lowest BCUT2D eigenvalue weighted by Crippen LogP contribution is -1.98. The Hall–Kier alpha value is -2.54. The summed E-state index contributed by atoms with van der Waals surface area (Å²) in [6.45, 7) is 1.55. The smallest absolute Gasteiger partial charge is 0.314 e. The summed E-state index contributed by atoms with van der Waals surface area (Å²) in [7, 11) is 0. The van der Waals surface area contributed by atoms with Crippen molar-refractivity contribution in [2.45, 2.75) is 13.0 Å². The van der Waals surface area contributed by atoms with Gasteiger partial charge in [0, 0.05) is 6.07 Å². The van der Waals surface area contributed by atoms with Crippen LogP contribution in [0.1, 0.15) is 18.7 Å². The topological polar surface area (TPSA) is 85.5 Å². The van der Waals surface area contributed by atoms with Gasteiger partial charge in [0.05, 0.1) is 22.9 Å². The summed E-state index contributed by atoms with van der Waals surface area (Å²) >= 11 is 0. The molecule has 0 spiro atoms. The van der Waals surface area contributed by atoms with Crippen LogP contribution in [-0.2, 0) is 0 Å². The second kappa shape index (κ2) is 5.62. The second-order valence-electron chi connectivity index (χ2n) is 4.04. The van der Waals surface area contributed by atoms with Gasteiger partial charge in [-0.3, -0.25) is 15.1 Å². The van der Waals surface area contributed by atoms with E-state index in [0.717, 1.165) is 12.1 Å². The van der Waals surface area contributed by atoms with Crippen LogP contribution in [0.5, 0.6) is 11.5 Å². The molecule has 0 saturated heterocycles. The second-order valence-corrected chi connectivity index (χ2v) is 4.04. The Kier molecular flexibility index (Phi) is 3.90. The fourth-order valence-corrected chi connectivity index (χ4v) is 1.56. The highest BCUT2D eigenvalue weighted by atomic mass is 19.1. The predicted octanol–water partition coefficient (Wildman–Crippen LogP) is 2.97. The molecule has 104 valence electrons. The van der Waals surface area contributed by atoms with Crippen LogP contribution in [0, 0.1) is 15.9 Å². The van der Waals surface area contributed by atoms with E-state index < -0.39 is 28.3 Å². The molecule has 0 radical (unpaired) electrons. The van der Waals surface area contributed by atoms with E-state index in [1.54, 1.807) is 6.92 Å². The van der Waals surface area contributed by atoms with Crippen molar-refractivity contribution in [2.75, 3.05) is 0 Å². The number of aliphatic hydroxyl groups excluding tert-OH is 1. The van der Waals surface area contributed by atoms with E-state index in [0.29, 0.717) is 5.69 Å². The molecule has 0 unspecified atom stereocenters. The van der Waals surface area contributed by atoms with Crippen molar-refractivity contribution in [1.29, 1.82) is 0 Å². The Morgan fingerprint density at radius 2 is 2.15 bits per heavy atom. The van der Waals surface area contributed by atoms with E-state index in [9.17, 15) is 19.6 Å². The number of hydrogen-bond acceptors (Lipinski definition) is 5. The SMILES string of the molecule is C[C@H](O)c1ccc(Oc2c(F)cccc2[N+](=O)[O-])cn1. The number of halogens is 1. The van der Waals surface area contributed by atoms with Gasteiger partial charge in [-0.05, 0) is 25.1 Å². The van der Waals surface area contributed by atoms with Crippen LogP contribution in [0.15, 0.2) is 36.5 Å². The average Bonchev–Trinajstić information content (AvgIpc) is 2.41. The number of aliphatic hydroxyl groups is 1. The zero-order chi connectivity index (χ0) is 14.7. The van der Waals surface area contributed by atoms with Crippen LogP contribution in [-0.4, -0.2) is 15.0 Å². The number of nitro benzene ring substituents is 1. The minimum Gasteiger partial charge on any atom is -0.445 e. The molecular weight excluding hydrogens is 267 g/mol. The molecule has 0 bridgehead atoms. The number of hydrogen-bond donors (Lipinski definition) is 1. The molecule has 0 fully saturated rings. The zero-order valence-corrected chi connectivity index (χ0v) is 10.5. The molecule has 1 atom stereocenters.